The van der Waals surface area contributed by atoms with Gasteiger partial charge in [-0.05, 0) is 53.2 Å². The van der Waals surface area contributed by atoms with E-state index in [0.29, 0.717) is 17.7 Å². The predicted octanol–water partition coefficient (Wildman–Crippen LogP) is 3.78. The first-order chi connectivity index (χ1) is 9.95. The molecule has 110 valence electrons. The van der Waals surface area contributed by atoms with Crippen molar-refractivity contribution in [2.45, 2.75) is 33.2 Å². The molecule has 0 radical (unpaired) electrons. The van der Waals surface area contributed by atoms with Gasteiger partial charge in [0, 0.05) is 0 Å². The number of nitrogens with two attached hydrogens (primary N) is 1. The first kappa shape index (κ1) is 14.3. The summed E-state index contributed by atoms with van der Waals surface area (Å²) in [7, 11) is 0. The van der Waals surface area contributed by atoms with Gasteiger partial charge in [-0.15, -0.1) is 0 Å². The molecule has 1 aromatic heterocycles. The highest BCUT2D eigenvalue weighted by atomic mass is 79.9. The van der Waals surface area contributed by atoms with Gasteiger partial charge in [0.15, 0.2) is 0 Å². The van der Waals surface area contributed by atoms with Crippen molar-refractivity contribution in [1.29, 1.82) is 0 Å². The van der Waals surface area contributed by atoms with Crippen LogP contribution in [0.25, 0.3) is 0 Å². The lowest BCUT2D eigenvalue weighted by Crippen LogP contribution is -2.17. The maximum atomic E-state index is 5.91. The molecule has 2 atom stereocenters. The fourth-order valence-electron chi connectivity index (χ4n) is 2.97. The van der Waals surface area contributed by atoms with E-state index >= 15 is 0 Å². The number of anilines is 2. The number of nitrogens with one attached hydrogen (secondary N) is 1. The van der Waals surface area contributed by atoms with Gasteiger partial charge in [0.25, 0.3) is 0 Å². The number of aromatic nitrogens is 2. The third kappa shape index (κ3) is 2.62. The molecule has 5 heteroatoms. The highest BCUT2D eigenvalue weighted by Crippen LogP contribution is 2.38. The minimum Gasteiger partial charge on any atom is -0.383 e. The number of aryl methyl sites for hydroxylation is 2. The lowest BCUT2D eigenvalue weighted by Gasteiger charge is -2.19. The molecule has 2 aromatic rings. The molecule has 1 aliphatic rings. The Morgan fingerprint density at radius 2 is 2.05 bits per heavy atom. The fraction of sp³-hybridized carbons (Fsp3) is 0.375. The molecule has 0 unspecified atom stereocenters. The Morgan fingerprint density at radius 1 is 1.29 bits per heavy atom. The number of fused-ring (bicyclic) bond motifs is 1. The summed E-state index contributed by atoms with van der Waals surface area (Å²) >= 11 is 3.40. The van der Waals surface area contributed by atoms with Crippen molar-refractivity contribution in [3.63, 3.8) is 0 Å². The van der Waals surface area contributed by atoms with E-state index in [4.69, 9.17) is 5.73 Å². The summed E-state index contributed by atoms with van der Waals surface area (Å²) in [5.41, 5.74) is 10.8. The summed E-state index contributed by atoms with van der Waals surface area (Å²) in [5, 5.41) is 3.46. The van der Waals surface area contributed by atoms with Crippen LogP contribution in [0, 0.1) is 19.8 Å². The van der Waals surface area contributed by atoms with Crippen molar-refractivity contribution in [2.24, 2.45) is 5.92 Å². The molecule has 1 aliphatic carbocycles. The maximum Gasteiger partial charge on any atom is 0.225 e. The second kappa shape index (κ2) is 5.30. The Hall–Kier alpha value is -1.62. The van der Waals surface area contributed by atoms with Gasteiger partial charge >= 0.3 is 0 Å². The minimum absolute atomic E-state index is 0.236. The zero-order valence-corrected chi connectivity index (χ0v) is 14.0. The predicted molar refractivity (Wildman–Crippen MR) is 89.3 cm³/mol. The molecule has 0 bridgehead atoms. The van der Waals surface area contributed by atoms with Crippen LogP contribution in [0.5, 0.6) is 0 Å². The fourth-order valence-corrected chi connectivity index (χ4v) is 3.14. The molecular weight excluding hydrogens is 328 g/mol. The molecular formula is C16H19BrN4. The summed E-state index contributed by atoms with van der Waals surface area (Å²) in [5.74, 6) is 1.58. The third-order valence-electron chi connectivity index (χ3n) is 4.07. The third-order valence-corrected chi connectivity index (χ3v) is 5.05. The molecule has 1 heterocycles. The van der Waals surface area contributed by atoms with Crippen molar-refractivity contribution in [3.05, 3.63) is 45.1 Å². The van der Waals surface area contributed by atoms with E-state index in [0.717, 1.165) is 16.6 Å². The van der Waals surface area contributed by atoms with Crippen LogP contribution >= 0.6 is 15.9 Å². The Balaban J connectivity index is 1.94. The Bertz CT molecular complexity index is 676. The van der Waals surface area contributed by atoms with Crippen molar-refractivity contribution >= 4 is 27.7 Å². The molecule has 0 aliphatic heterocycles. The van der Waals surface area contributed by atoms with E-state index in [2.05, 4.69) is 63.3 Å². The molecule has 3 N–H and O–H groups in total. The Labute approximate surface area is 133 Å². The van der Waals surface area contributed by atoms with Gasteiger partial charge in [0.1, 0.15) is 5.82 Å². The van der Waals surface area contributed by atoms with Gasteiger partial charge in [-0.25, -0.2) is 4.98 Å². The van der Waals surface area contributed by atoms with Crippen LogP contribution < -0.4 is 11.1 Å². The standard InChI is InChI=1S/C16H19BrN4/c1-8-4-5-11-7-9(2)14(12(11)6-8)20-16-19-10(3)13(17)15(18)21-16/h4-6,9,14H,7H2,1-3H3,(H3,18,19,20,21)/t9-,14+/m0/s1. The summed E-state index contributed by atoms with van der Waals surface area (Å²) in [6.07, 6.45) is 1.08. The molecule has 3 rings (SSSR count). The molecule has 0 amide bonds. The number of hydrogen-bond donors (Lipinski definition) is 2. The van der Waals surface area contributed by atoms with Crippen LogP contribution in [0.1, 0.15) is 35.3 Å². The summed E-state index contributed by atoms with van der Waals surface area (Å²) in [6, 6.07) is 6.89. The average molecular weight is 347 g/mol. The normalized spacial score (nSPS) is 20.4. The highest BCUT2D eigenvalue weighted by Gasteiger charge is 2.30. The average Bonchev–Trinajstić information content (AvgIpc) is 2.72. The van der Waals surface area contributed by atoms with E-state index < -0.39 is 0 Å². The molecule has 4 nitrogen and oxygen atoms in total. The number of rotatable bonds is 2. The second-order valence-electron chi connectivity index (χ2n) is 5.84. The largest absolute Gasteiger partial charge is 0.383 e. The number of nitrogen functional groups attached to an aromatic ring is 1. The van der Waals surface area contributed by atoms with Crippen molar-refractivity contribution in [2.75, 3.05) is 11.1 Å². The van der Waals surface area contributed by atoms with Crippen molar-refractivity contribution < 1.29 is 0 Å². The van der Waals surface area contributed by atoms with Gasteiger partial charge in [-0.1, -0.05) is 30.7 Å². The zero-order chi connectivity index (χ0) is 15.1. The number of nitrogens with zero attached hydrogens (tertiary/aromatic N) is 2. The zero-order valence-electron chi connectivity index (χ0n) is 12.4. The second-order valence-corrected chi connectivity index (χ2v) is 6.63. The molecule has 0 spiro atoms. The van der Waals surface area contributed by atoms with E-state index in [9.17, 15) is 0 Å². The number of benzene rings is 1. The van der Waals surface area contributed by atoms with Crippen LogP contribution in [0.3, 0.4) is 0 Å². The van der Waals surface area contributed by atoms with E-state index in [-0.39, 0.29) is 6.04 Å². The van der Waals surface area contributed by atoms with Gasteiger partial charge in [0.05, 0.1) is 16.2 Å². The highest BCUT2D eigenvalue weighted by molar-refractivity contribution is 9.10. The summed E-state index contributed by atoms with van der Waals surface area (Å²) in [4.78, 5) is 8.81. The van der Waals surface area contributed by atoms with Crippen LogP contribution in [-0.4, -0.2) is 9.97 Å². The lowest BCUT2D eigenvalue weighted by molar-refractivity contribution is 0.538. The monoisotopic (exact) mass is 346 g/mol. The van der Waals surface area contributed by atoms with Gasteiger partial charge in [0.2, 0.25) is 5.95 Å². The quantitative estimate of drug-likeness (QED) is 0.868. The Morgan fingerprint density at radius 3 is 2.76 bits per heavy atom. The number of halogens is 1. The Kier molecular flexibility index (Phi) is 3.61. The van der Waals surface area contributed by atoms with Crippen LogP contribution in [0.2, 0.25) is 0 Å². The van der Waals surface area contributed by atoms with Gasteiger partial charge < -0.3 is 11.1 Å². The molecule has 0 saturated heterocycles. The molecule has 0 saturated carbocycles. The van der Waals surface area contributed by atoms with Crippen LogP contribution in [0.15, 0.2) is 22.7 Å². The van der Waals surface area contributed by atoms with E-state index in [1.807, 2.05) is 6.92 Å². The van der Waals surface area contributed by atoms with Crippen LogP contribution in [-0.2, 0) is 6.42 Å². The van der Waals surface area contributed by atoms with Gasteiger partial charge in [-0.3, -0.25) is 0 Å². The van der Waals surface area contributed by atoms with Crippen molar-refractivity contribution in [3.8, 4) is 0 Å². The number of hydrogen-bond acceptors (Lipinski definition) is 4. The first-order valence-corrected chi connectivity index (χ1v) is 7.90. The lowest BCUT2D eigenvalue weighted by atomic mass is 10.0. The maximum absolute atomic E-state index is 5.91. The van der Waals surface area contributed by atoms with E-state index in [1.165, 1.54) is 16.7 Å². The van der Waals surface area contributed by atoms with Crippen molar-refractivity contribution in [1.82, 2.24) is 9.97 Å². The van der Waals surface area contributed by atoms with E-state index in [1.54, 1.807) is 0 Å². The van der Waals surface area contributed by atoms with Gasteiger partial charge in [-0.2, -0.15) is 4.98 Å². The summed E-state index contributed by atoms with van der Waals surface area (Å²) < 4.78 is 0.767. The minimum atomic E-state index is 0.236. The SMILES string of the molecule is Cc1ccc2c(c1)[C@H](Nc1nc(C)c(Br)c(N)n1)[C@@H](C)C2. The van der Waals surface area contributed by atoms with Crippen LogP contribution in [0.4, 0.5) is 11.8 Å². The molecule has 0 fully saturated rings. The molecule has 1 aromatic carbocycles. The smallest absolute Gasteiger partial charge is 0.225 e. The topological polar surface area (TPSA) is 63.8 Å². The molecule has 21 heavy (non-hydrogen) atoms. The first-order valence-electron chi connectivity index (χ1n) is 7.11. The summed E-state index contributed by atoms with van der Waals surface area (Å²) in [6.45, 7) is 6.30.